The van der Waals surface area contributed by atoms with Crippen LogP contribution >= 0.6 is 11.6 Å². The molecule has 0 saturated carbocycles. The monoisotopic (exact) mass is 240 g/mol. The maximum atomic E-state index is 5.74. The molecule has 1 saturated heterocycles. The lowest BCUT2D eigenvalue weighted by molar-refractivity contribution is -0.226. The van der Waals surface area contributed by atoms with Crippen LogP contribution in [0.2, 0.25) is 0 Å². The van der Waals surface area contributed by atoms with Crippen molar-refractivity contribution in [2.75, 3.05) is 13.2 Å². The molecule has 0 spiro atoms. The van der Waals surface area contributed by atoms with E-state index in [1.54, 1.807) is 0 Å². The van der Waals surface area contributed by atoms with E-state index < -0.39 is 0 Å². The largest absolute Gasteiger partial charge is 0.348 e. The molecule has 0 atom stereocenters. The topological polar surface area (TPSA) is 18.5 Å². The van der Waals surface area contributed by atoms with Crippen LogP contribution in [0.25, 0.3) is 0 Å². The van der Waals surface area contributed by atoms with E-state index >= 15 is 0 Å². The fraction of sp³-hybridized carbons (Fsp3) is 0.538. The summed E-state index contributed by atoms with van der Waals surface area (Å²) in [5.41, 5.74) is 2.29. The Hall–Kier alpha value is -0.570. The van der Waals surface area contributed by atoms with Crippen molar-refractivity contribution in [1.29, 1.82) is 0 Å². The van der Waals surface area contributed by atoms with Crippen LogP contribution in [0.5, 0.6) is 0 Å². The van der Waals surface area contributed by atoms with Gasteiger partial charge < -0.3 is 9.47 Å². The van der Waals surface area contributed by atoms with Crippen molar-refractivity contribution in [3.63, 3.8) is 0 Å². The summed E-state index contributed by atoms with van der Waals surface area (Å²) < 4.78 is 11.4. The van der Waals surface area contributed by atoms with Gasteiger partial charge >= 0.3 is 0 Å². The van der Waals surface area contributed by atoms with Crippen LogP contribution in [0.3, 0.4) is 0 Å². The van der Waals surface area contributed by atoms with E-state index in [2.05, 4.69) is 13.8 Å². The Morgan fingerprint density at radius 2 is 1.75 bits per heavy atom. The molecule has 0 amide bonds. The Bertz CT molecular complexity index is 335. The molecule has 1 aliphatic heterocycles. The molecule has 1 heterocycles. The van der Waals surface area contributed by atoms with Crippen LogP contribution < -0.4 is 0 Å². The molecular weight excluding hydrogens is 224 g/mol. The first kappa shape index (κ1) is 11.9. The number of halogens is 1. The summed E-state index contributed by atoms with van der Waals surface area (Å²) in [6.07, 6.45) is -0.225. The average Bonchev–Trinajstić information content (AvgIpc) is 2.29. The zero-order chi connectivity index (χ0) is 11.6. The summed E-state index contributed by atoms with van der Waals surface area (Å²) in [5, 5.41) is 0. The van der Waals surface area contributed by atoms with Crippen LogP contribution in [-0.4, -0.2) is 13.2 Å². The molecule has 1 aliphatic rings. The van der Waals surface area contributed by atoms with E-state index in [4.69, 9.17) is 21.1 Å². The lowest BCUT2D eigenvalue weighted by Gasteiger charge is -2.34. The number of hydrogen-bond donors (Lipinski definition) is 0. The Morgan fingerprint density at radius 1 is 1.19 bits per heavy atom. The second-order valence-corrected chi connectivity index (χ2v) is 5.26. The summed E-state index contributed by atoms with van der Waals surface area (Å²) in [5.74, 6) is 0.541. The minimum absolute atomic E-state index is 0.118. The molecule has 0 N–H and O–H groups in total. The van der Waals surface area contributed by atoms with Crippen LogP contribution in [0.15, 0.2) is 24.3 Å². The predicted octanol–water partition coefficient (Wildman–Crippen LogP) is 3.50. The van der Waals surface area contributed by atoms with E-state index in [-0.39, 0.29) is 11.7 Å². The van der Waals surface area contributed by atoms with Gasteiger partial charge in [-0.2, -0.15) is 0 Å². The smallest absolute Gasteiger partial charge is 0.183 e. The van der Waals surface area contributed by atoms with E-state index in [0.29, 0.717) is 5.88 Å². The average molecular weight is 241 g/mol. The first-order chi connectivity index (χ1) is 7.61. The first-order valence-corrected chi connectivity index (χ1v) is 6.02. The van der Waals surface area contributed by atoms with Gasteiger partial charge in [0.2, 0.25) is 0 Å². The van der Waals surface area contributed by atoms with Crippen LogP contribution in [0.4, 0.5) is 0 Å². The third-order valence-corrected chi connectivity index (χ3v) is 2.97. The highest BCUT2D eigenvalue weighted by atomic mass is 35.5. The molecule has 0 bridgehead atoms. The predicted molar refractivity (Wildman–Crippen MR) is 64.4 cm³/mol. The van der Waals surface area contributed by atoms with E-state index in [1.807, 2.05) is 24.3 Å². The van der Waals surface area contributed by atoms with Crippen molar-refractivity contribution in [2.24, 2.45) is 5.41 Å². The van der Waals surface area contributed by atoms with Gasteiger partial charge in [-0.25, -0.2) is 0 Å². The zero-order valence-corrected chi connectivity index (χ0v) is 10.5. The van der Waals surface area contributed by atoms with Crippen LogP contribution in [0, 0.1) is 5.41 Å². The van der Waals surface area contributed by atoms with Gasteiger partial charge in [0.05, 0.1) is 13.2 Å². The zero-order valence-electron chi connectivity index (χ0n) is 9.70. The van der Waals surface area contributed by atoms with Crippen molar-refractivity contribution in [2.45, 2.75) is 26.0 Å². The summed E-state index contributed by atoms with van der Waals surface area (Å²) in [7, 11) is 0. The first-order valence-electron chi connectivity index (χ1n) is 5.49. The molecule has 16 heavy (non-hydrogen) atoms. The van der Waals surface area contributed by atoms with Crippen molar-refractivity contribution in [3.05, 3.63) is 35.4 Å². The number of ether oxygens (including phenoxy) is 2. The summed E-state index contributed by atoms with van der Waals surface area (Å²) in [4.78, 5) is 0. The number of benzene rings is 1. The summed E-state index contributed by atoms with van der Waals surface area (Å²) in [6, 6.07) is 8.05. The Labute approximate surface area is 102 Å². The van der Waals surface area contributed by atoms with Gasteiger partial charge in [-0.3, -0.25) is 0 Å². The molecule has 1 aromatic rings. The summed E-state index contributed by atoms with van der Waals surface area (Å²) in [6.45, 7) is 5.74. The highest BCUT2D eigenvalue weighted by molar-refractivity contribution is 6.17. The molecule has 0 radical (unpaired) electrons. The molecule has 1 fully saturated rings. The van der Waals surface area contributed by atoms with E-state index in [1.165, 1.54) is 0 Å². The van der Waals surface area contributed by atoms with E-state index in [0.717, 1.165) is 24.3 Å². The third kappa shape index (κ3) is 2.76. The molecule has 0 unspecified atom stereocenters. The van der Waals surface area contributed by atoms with Gasteiger partial charge in [0.1, 0.15) is 0 Å². The number of hydrogen-bond acceptors (Lipinski definition) is 2. The molecular formula is C13H17ClO2. The maximum absolute atomic E-state index is 5.74. The number of alkyl halides is 1. The van der Waals surface area contributed by atoms with Crippen molar-refractivity contribution >= 4 is 11.6 Å². The normalized spacial score (nSPS) is 20.9. The van der Waals surface area contributed by atoms with Crippen molar-refractivity contribution in [1.82, 2.24) is 0 Å². The fourth-order valence-electron chi connectivity index (χ4n) is 1.65. The fourth-order valence-corrected chi connectivity index (χ4v) is 1.83. The van der Waals surface area contributed by atoms with Gasteiger partial charge in [-0.05, 0) is 5.56 Å². The minimum Gasteiger partial charge on any atom is -0.348 e. The molecule has 2 rings (SSSR count). The summed E-state index contributed by atoms with van der Waals surface area (Å²) >= 11 is 5.74. The quantitative estimate of drug-likeness (QED) is 0.737. The van der Waals surface area contributed by atoms with Gasteiger partial charge in [0.15, 0.2) is 6.29 Å². The Morgan fingerprint density at radius 3 is 2.25 bits per heavy atom. The van der Waals surface area contributed by atoms with Crippen LogP contribution in [0.1, 0.15) is 31.3 Å². The molecule has 3 heteroatoms. The second-order valence-electron chi connectivity index (χ2n) is 4.99. The maximum Gasteiger partial charge on any atom is 0.183 e. The van der Waals surface area contributed by atoms with Gasteiger partial charge in [0.25, 0.3) is 0 Å². The Kier molecular flexibility index (Phi) is 3.53. The van der Waals surface area contributed by atoms with Gasteiger partial charge in [0, 0.05) is 16.9 Å². The lowest BCUT2D eigenvalue weighted by Crippen LogP contribution is -2.33. The second kappa shape index (κ2) is 4.74. The van der Waals surface area contributed by atoms with Crippen molar-refractivity contribution < 1.29 is 9.47 Å². The molecule has 2 nitrogen and oxygen atoms in total. The molecule has 88 valence electrons. The third-order valence-electron chi connectivity index (χ3n) is 2.66. The molecule has 0 aromatic heterocycles. The molecule has 0 aliphatic carbocycles. The Balaban J connectivity index is 2.03. The standard InChI is InChI=1S/C13H17ClO2/c1-13(2)8-15-12(16-9-13)11-5-3-10(7-14)4-6-11/h3-6,12H,7-9H2,1-2H3. The van der Waals surface area contributed by atoms with Crippen molar-refractivity contribution in [3.8, 4) is 0 Å². The minimum atomic E-state index is -0.225. The van der Waals surface area contributed by atoms with Gasteiger partial charge in [-0.1, -0.05) is 38.1 Å². The lowest BCUT2D eigenvalue weighted by atomic mass is 9.95. The highest BCUT2D eigenvalue weighted by Crippen LogP contribution is 2.31. The molecule has 1 aromatic carbocycles. The SMILES string of the molecule is CC1(C)COC(c2ccc(CCl)cc2)OC1. The highest BCUT2D eigenvalue weighted by Gasteiger charge is 2.28. The van der Waals surface area contributed by atoms with E-state index in [9.17, 15) is 0 Å². The number of rotatable bonds is 2. The van der Waals surface area contributed by atoms with Gasteiger partial charge in [-0.15, -0.1) is 11.6 Å². The van der Waals surface area contributed by atoms with Crippen LogP contribution in [-0.2, 0) is 15.4 Å².